The van der Waals surface area contributed by atoms with Gasteiger partial charge in [0.2, 0.25) is 0 Å². The highest BCUT2D eigenvalue weighted by atomic mass is 16.5. The SMILES string of the molecule is N#Cc1cccc(Oc2ccccc2CO)c1. The van der Waals surface area contributed by atoms with Crippen LogP contribution in [-0.4, -0.2) is 5.11 Å². The molecule has 0 aromatic heterocycles. The zero-order chi connectivity index (χ0) is 12.1. The fourth-order valence-corrected chi connectivity index (χ4v) is 1.49. The molecule has 17 heavy (non-hydrogen) atoms. The Bertz CT molecular complexity index is 558. The van der Waals surface area contributed by atoms with Gasteiger partial charge in [0, 0.05) is 5.56 Å². The molecule has 2 aromatic carbocycles. The number of hydrogen-bond acceptors (Lipinski definition) is 3. The quantitative estimate of drug-likeness (QED) is 0.873. The molecule has 3 heteroatoms. The highest BCUT2D eigenvalue weighted by molar-refractivity contribution is 5.41. The number of aliphatic hydroxyl groups is 1. The van der Waals surface area contributed by atoms with E-state index in [4.69, 9.17) is 15.1 Å². The Morgan fingerprint density at radius 1 is 1.12 bits per heavy atom. The van der Waals surface area contributed by atoms with Crippen molar-refractivity contribution < 1.29 is 9.84 Å². The first-order valence-electron chi connectivity index (χ1n) is 5.20. The van der Waals surface area contributed by atoms with E-state index in [2.05, 4.69) is 6.07 Å². The van der Waals surface area contributed by atoms with Gasteiger partial charge in [-0.25, -0.2) is 0 Å². The van der Waals surface area contributed by atoms with Crippen LogP contribution in [0, 0.1) is 11.3 Å². The molecule has 0 saturated carbocycles. The number of rotatable bonds is 3. The van der Waals surface area contributed by atoms with Crippen LogP contribution >= 0.6 is 0 Å². The average molecular weight is 225 g/mol. The summed E-state index contributed by atoms with van der Waals surface area (Å²) < 4.78 is 5.63. The summed E-state index contributed by atoms with van der Waals surface area (Å²) in [5.74, 6) is 1.19. The van der Waals surface area contributed by atoms with Crippen molar-refractivity contribution in [3.63, 3.8) is 0 Å². The Hall–Kier alpha value is -2.31. The summed E-state index contributed by atoms with van der Waals surface area (Å²) in [4.78, 5) is 0. The third-order valence-electron chi connectivity index (χ3n) is 2.33. The zero-order valence-corrected chi connectivity index (χ0v) is 9.13. The summed E-state index contributed by atoms with van der Waals surface area (Å²) in [6.07, 6.45) is 0. The minimum atomic E-state index is -0.0753. The third-order valence-corrected chi connectivity index (χ3v) is 2.33. The van der Waals surface area contributed by atoms with Crippen molar-refractivity contribution in [2.75, 3.05) is 0 Å². The topological polar surface area (TPSA) is 53.2 Å². The lowest BCUT2D eigenvalue weighted by molar-refractivity contribution is 0.276. The molecule has 3 nitrogen and oxygen atoms in total. The minimum Gasteiger partial charge on any atom is -0.457 e. The van der Waals surface area contributed by atoms with Gasteiger partial charge in [-0.3, -0.25) is 0 Å². The lowest BCUT2D eigenvalue weighted by Gasteiger charge is -2.09. The van der Waals surface area contributed by atoms with Crippen molar-refractivity contribution in [2.45, 2.75) is 6.61 Å². The first kappa shape index (κ1) is 11.2. The third kappa shape index (κ3) is 2.63. The molecule has 0 spiro atoms. The second-order valence-corrected chi connectivity index (χ2v) is 3.51. The van der Waals surface area contributed by atoms with Gasteiger partial charge in [-0.15, -0.1) is 0 Å². The molecule has 0 atom stereocenters. The van der Waals surface area contributed by atoms with Crippen LogP contribution in [-0.2, 0) is 6.61 Å². The van der Waals surface area contributed by atoms with E-state index in [0.717, 1.165) is 5.56 Å². The Balaban J connectivity index is 2.28. The molecule has 2 aromatic rings. The summed E-state index contributed by atoms with van der Waals surface area (Å²) in [5.41, 5.74) is 1.26. The van der Waals surface area contributed by atoms with Crippen LogP contribution in [0.2, 0.25) is 0 Å². The fraction of sp³-hybridized carbons (Fsp3) is 0.0714. The largest absolute Gasteiger partial charge is 0.457 e. The molecule has 0 radical (unpaired) electrons. The molecular formula is C14H11NO2. The number of hydrogen-bond donors (Lipinski definition) is 1. The number of nitriles is 1. The van der Waals surface area contributed by atoms with Crippen LogP contribution in [0.25, 0.3) is 0 Å². The van der Waals surface area contributed by atoms with Crippen LogP contribution in [0.5, 0.6) is 11.5 Å². The standard InChI is InChI=1S/C14H11NO2/c15-9-11-4-3-6-13(8-11)17-14-7-2-1-5-12(14)10-16/h1-8,16H,10H2. The molecule has 0 aliphatic heterocycles. The van der Waals surface area contributed by atoms with Gasteiger partial charge in [0.25, 0.3) is 0 Å². The van der Waals surface area contributed by atoms with Crippen molar-refractivity contribution >= 4 is 0 Å². The first-order valence-corrected chi connectivity index (χ1v) is 5.20. The maximum absolute atomic E-state index is 9.16. The summed E-state index contributed by atoms with van der Waals surface area (Å²) in [5, 5.41) is 17.9. The first-order chi connectivity index (χ1) is 8.33. The molecular weight excluding hydrogens is 214 g/mol. The highest BCUT2D eigenvalue weighted by Crippen LogP contribution is 2.25. The van der Waals surface area contributed by atoms with E-state index in [-0.39, 0.29) is 6.61 Å². The molecule has 84 valence electrons. The van der Waals surface area contributed by atoms with Crippen molar-refractivity contribution in [2.24, 2.45) is 0 Å². The van der Waals surface area contributed by atoms with Gasteiger partial charge in [-0.05, 0) is 24.3 Å². The van der Waals surface area contributed by atoms with Crippen LogP contribution in [0.15, 0.2) is 48.5 Å². The monoisotopic (exact) mass is 225 g/mol. The maximum Gasteiger partial charge on any atom is 0.132 e. The molecule has 0 saturated heterocycles. The van der Waals surface area contributed by atoms with Gasteiger partial charge in [0.1, 0.15) is 11.5 Å². The Kier molecular flexibility index (Phi) is 3.39. The lowest BCUT2D eigenvalue weighted by Crippen LogP contribution is -1.91. The Labute approximate surface area is 99.5 Å². The van der Waals surface area contributed by atoms with Crippen LogP contribution in [0.1, 0.15) is 11.1 Å². The van der Waals surface area contributed by atoms with Crippen molar-refractivity contribution in [3.8, 4) is 17.6 Å². The van der Waals surface area contributed by atoms with Gasteiger partial charge in [0.05, 0.1) is 18.2 Å². The fourth-order valence-electron chi connectivity index (χ4n) is 1.49. The van der Waals surface area contributed by atoms with E-state index in [0.29, 0.717) is 17.1 Å². The normalized spacial score (nSPS) is 9.65. The summed E-state index contributed by atoms with van der Waals surface area (Å²) in [7, 11) is 0. The molecule has 0 amide bonds. The molecule has 0 aliphatic rings. The number of para-hydroxylation sites is 1. The second kappa shape index (κ2) is 5.15. The molecule has 0 unspecified atom stereocenters. The van der Waals surface area contributed by atoms with Gasteiger partial charge in [0.15, 0.2) is 0 Å². The molecule has 0 bridgehead atoms. The highest BCUT2D eigenvalue weighted by Gasteiger charge is 2.03. The van der Waals surface area contributed by atoms with Gasteiger partial charge < -0.3 is 9.84 Å². The van der Waals surface area contributed by atoms with Gasteiger partial charge >= 0.3 is 0 Å². The average Bonchev–Trinajstić information content (AvgIpc) is 2.39. The Morgan fingerprint density at radius 2 is 1.94 bits per heavy atom. The minimum absolute atomic E-state index is 0.0753. The Morgan fingerprint density at radius 3 is 2.71 bits per heavy atom. The van der Waals surface area contributed by atoms with E-state index in [1.165, 1.54) is 0 Å². The van der Waals surface area contributed by atoms with Crippen LogP contribution in [0.3, 0.4) is 0 Å². The second-order valence-electron chi connectivity index (χ2n) is 3.51. The van der Waals surface area contributed by atoms with E-state index in [1.54, 1.807) is 36.4 Å². The van der Waals surface area contributed by atoms with E-state index < -0.39 is 0 Å². The maximum atomic E-state index is 9.16. The predicted octanol–water partition coefficient (Wildman–Crippen LogP) is 2.84. The summed E-state index contributed by atoms with van der Waals surface area (Å²) in [6, 6.07) is 16.2. The molecule has 1 N–H and O–H groups in total. The summed E-state index contributed by atoms with van der Waals surface area (Å²) >= 11 is 0. The van der Waals surface area contributed by atoms with Crippen LogP contribution < -0.4 is 4.74 Å². The van der Waals surface area contributed by atoms with Crippen molar-refractivity contribution in [3.05, 3.63) is 59.7 Å². The number of nitrogens with zero attached hydrogens (tertiary/aromatic N) is 1. The van der Waals surface area contributed by atoms with E-state index in [9.17, 15) is 0 Å². The predicted molar refractivity (Wildman–Crippen MR) is 63.6 cm³/mol. The number of ether oxygens (including phenoxy) is 1. The van der Waals surface area contributed by atoms with E-state index >= 15 is 0 Å². The summed E-state index contributed by atoms with van der Waals surface area (Å²) in [6.45, 7) is -0.0753. The molecule has 0 aliphatic carbocycles. The molecule has 0 fully saturated rings. The van der Waals surface area contributed by atoms with Gasteiger partial charge in [-0.1, -0.05) is 24.3 Å². The van der Waals surface area contributed by atoms with Crippen LogP contribution in [0.4, 0.5) is 0 Å². The zero-order valence-electron chi connectivity index (χ0n) is 9.13. The molecule has 2 rings (SSSR count). The smallest absolute Gasteiger partial charge is 0.132 e. The lowest BCUT2D eigenvalue weighted by atomic mass is 10.2. The van der Waals surface area contributed by atoms with E-state index in [1.807, 2.05) is 12.1 Å². The number of benzene rings is 2. The van der Waals surface area contributed by atoms with Crippen molar-refractivity contribution in [1.82, 2.24) is 0 Å². The number of aliphatic hydroxyl groups excluding tert-OH is 1. The van der Waals surface area contributed by atoms with Gasteiger partial charge in [-0.2, -0.15) is 5.26 Å². The molecule has 0 heterocycles. The van der Waals surface area contributed by atoms with Crippen molar-refractivity contribution in [1.29, 1.82) is 5.26 Å².